The number of rotatable bonds is 2. The van der Waals surface area contributed by atoms with E-state index < -0.39 is 0 Å². The second-order valence-corrected chi connectivity index (χ2v) is 5.20. The highest BCUT2D eigenvalue weighted by Gasteiger charge is 2.21. The van der Waals surface area contributed by atoms with Crippen molar-refractivity contribution in [3.05, 3.63) is 11.2 Å². The molecule has 0 saturated heterocycles. The van der Waals surface area contributed by atoms with E-state index in [1.807, 2.05) is 0 Å². The number of hydrogen-bond donors (Lipinski definition) is 2. The number of halogens is 1. The van der Waals surface area contributed by atoms with Gasteiger partial charge in [-0.2, -0.15) is 4.98 Å². The highest BCUT2D eigenvalue weighted by Crippen LogP contribution is 2.27. The molecule has 1 aromatic rings. The standard InChI is InChI=1S/C12H19ClN4/c1-8-5-3-2-4-6-10(8)16-11-9(13)7-15-12(14)17-11/h7-8,10H,2-6H2,1H3,(H3,14,15,16,17). The Hall–Kier alpha value is -1.03. The molecule has 1 saturated carbocycles. The summed E-state index contributed by atoms with van der Waals surface area (Å²) in [6.45, 7) is 2.28. The molecule has 0 aromatic carbocycles. The maximum absolute atomic E-state index is 6.06. The van der Waals surface area contributed by atoms with Crippen molar-refractivity contribution < 1.29 is 0 Å². The van der Waals surface area contributed by atoms with Crippen molar-refractivity contribution in [1.82, 2.24) is 9.97 Å². The summed E-state index contributed by atoms with van der Waals surface area (Å²) in [5.74, 6) is 1.57. The van der Waals surface area contributed by atoms with Gasteiger partial charge in [0, 0.05) is 6.04 Å². The van der Waals surface area contributed by atoms with Crippen molar-refractivity contribution in [3.63, 3.8) is 0 Å². The molecule has 2 rings (SSSR count). The first-order valence-electron chi connectivity index (χ1n) is 6.21. The molecule has 0 radical (unpaired) electrons. The summed E-state index contributed by atoms with van der Waals surface area (Å²) in [6.07, 6.45) is 7.88. The molecule has 17 heavy (non-hydrogen) atoms. The molecule has 1 aromatic heterocycles. The van der Waals surface area contributed by atoms with Crippen LogP contribution in [0.25, 0.3) is 0 Å². The topological polar surface area (TPSA) is 63.8 Å². The zero-order valence-corrected chi connectivity index (χ0v) is 10.9. The minimum Gasteiger partial charge on any atom is -0.368 e. The number of nitrogens with zero attached hydrogens (tertiary/aromatic N) is 2. The first-order chi connectivity index (χ1) is 8.16. The van der Waals surface area contributed by atoms with Crippen LogP contribution in [0.4, 0.5) is 11.8 Å². The van der Waals surface area contributed by atoms with E-state index >= 15 is 0 Å². The van der Waals surface area contributed by atoms with Crippen molar-refractivity contribution in [2.45, 2.75) is 45.1 Å². The second-order valence-electron chi connectivity index (χ2n) is 4.79. The van der Waals surface area contributed by atoms with Gasteiger partial charge in [-0.3, -0.25) is 0 Å². The predicted molar refractivity (Wildman–Crippen MR) is 71.1 cm³/mol. The molecule has 0 spiro atoms. The van der Waals surface area contributed by atoms with Crippen LogP contribution in [-0.2, 0) is 0 Å². The van der Waals surface area contributed by atoms with E-state index in [1.54, 1.807) is 6.20 Å². The maximum atomic E-state index is 6.06. The molecule has 2 unspecified atom stereocenters. The van der Waals surface area contributed by atoms with Crippen molar-refractivity contribution in [2.75, 3.05) is 11.1 Å². The van der Waals surface area contributed by atoms with Gasteiger partial charge in [-0.1, -0.05) is 37.8 Å². The minimum atomic E-state index is 0.262. The van der Waals surface area contributed by atoms with E-state index in [4.69, 9.17) is 17.3 Å². The van der Waals surface area contributed by atoms with Gasteiger partial charge in [-0.05, 0) is 18.8 Å². The predicted octanol–water partition coefficient (Wildman–Crippen LogP) is 3.09. The number of nitrogen functional groups attached to an aromatic ring is 1. The van der Waals surface area contributed by atoms with Crippen molar-refractivity contribution in [1.29, 1.82) is 0 Å². The largest absolute Gasteiger partial charge is 0.368 e. The van der Waals surface area contributed by atoms with Crippen LogP contribution in [0.5, 0.6) is 0 Å². The number of hydrogen-bond acceptors (Lipinski definition) is 4. The third-order valence-electron chi connectivity index (χ3n) is 3.45. The van der Waals surface area contributed by atoms with Crippen LogP contribution >= 0.6 is 11.6 Å². The van der Waals surface area contributed by atoms with Crippen molar-refractivity contribution >= 4 is 23.4 Å². The lowest BCUT2D eigenvalue weighted by Crippen LogP contribution is -2.27. The molecule has 0 bridgehead atoms. The van der Waals surface area contributed by atoms with Crippen molar-refractivity contribution in [2.24, 2.45) is 5.92 Å². The summed E-state index contributed by atoms with van der Waals surface area (Å²) < 4.78 is 0. The fraction of sp³-hybridized carbons (Fsp3) is 0.667. The van der Waals surface area contributed by atoms with Crippen LogP contribution in [0.2, 0.25) is 5.02 Å². The van der Waals surface area contributed by atoms with Crippen LogP contribution in [-0.4, -0.2) is 16.0 Å². The summed E-state index contributed by atoms with van der Waals surface area (Å²) >= 11 is 6.06. The van der Waals surface area contributed by atoms with Crippen LogP contribution in [0.3, 0.4) is 0 Å². The minimum absolute atomic E-state index is 0.262. The molecule has 1 fully saturated rings. The lowest BCUT2D eigenvalue weighted by atomic mass is 9.97. The number of nitrogens with one attached hydrogen (secondary N) is 1. The maximum Gasteiger partial charge on any atom is 0.222 e. The Bertz CT molecular complexity index is 383. The van der Waals surface area contributed by atoms with Gasteiger partial charge in [0.25, 0.3) is 0 Å². The van der Waals surface area contributed by atoms with Gasteiger partial charge in [0.15, 0.2) is 5.82 Å². The molecule has 1 heterocycles. The van der Waals surface area contributed by atoms with Gasteiger partial charge in [0.1, 0.15) is 5.02 Å². The Kier molecular flexibility index (Phi) is 4.05. The number of anilines is 2. The Morgan fingerprint density at radius 3 is 2.94 bits per heavy atom. The summed E-state index contributed by atoms with van der Waals surface area (Å²) in [5.41, 5.74) is 5.58. The van der Waals surface area contributed by atoms with Gasteiger partial charge in [0.2, 0.25) is 5.95 Å². The highest BCUT2D eigenvalue weighted by atomic mass is 35.5. The zero-order valence-electron chi connectivity index (χ0n) is 10.1. The van der Waals surface area contributed by atoms with Gasteiger partial charge < -0.3 is 11.1 Å². The third-order valence-corrected chi connectivity index (χ3v) is 3.72. The molecular weight excluding hydrogens is 236 g/mol. The average molecular weight is 255 g/mol. The Morgan fingerprint density at radius 1 is 1.35 bits per heavy atom. The molecule has 5 heteroatoms. The molecule has 0 aliphatic heterocycles. The fourth-order valence-electron chi connectivity index (χ4n) is 2.37. The van der Waals surface area contributed by atoms with E-state index in [0.717, 1.165) is 0 Å². The highest BCUT2D eigenvalue weighted by molar-refractivity contribution is 6.32. The molecular formula is C12H19ClN4. The van der Waals surface area contributed by atoms with E-state index in [9.17, 15) is 0 Å². The van der Waals surface area contributed by atoms with Crippen LogP contribution in [0.15, 0.2) is 6.20 Å². The molecule has 0 amide bonds. The first kappa shape index (κ1) is 12.4. The SMILES string of the molecule is CC1CCCCCC1Nc1nc(N)ncc1Cl. The first-order valence-corrected chi connectivity index (χ1v) is 6.59. The van der Waals surface area contributed by atoms with Crippen LogP contribution in [0, 0.1) is 5.92 Å². The monoisotopic (exact) mass is 254 g/mol. The normalized spacial score (nSPS) is 25.3. The Morgan fingerprint density at radius 2 is 2.12 bits per heavy atom. The summed E-state index contributed by atoms with van der Waals surface area (Å²) in [5, 5.41) is 3.95. The van der Waals surface area contributed by atoms with Gasteiger partial charge in [-0.25, -0.2) is 4.98 Å². The number of nitrogens with two attached hydrogens (primary N) is 1. The Labute approximate surface area is 107 Å². The lowest BCUT2D eigenvalue weighted by Gasteiger charge is -2.23. The van der Waals surface area contributed by atoms with E-state index in [-0.39, 0.29) is 5.95 Å². The zero-order chi connectivity index (χ0) is 12.3. The Balaban J connectivity index is 2.10. The molecule has 1 aliphatic rings. The smallest absolute Gasteiger partial charge is 0.222 e. The quantitative estimate of drug-likeness (QED) is 0.796. The summed E-state index contributed by atoms with van der Waals surface area (Å²) in [6, 6.07) is 0.435. The number of aromatic nitrogens is 2. The second kappa shape index (κ2) is 5.54. The molecule has 1 aliphatic carbocycles. The van der Waals surface area contributed by atoms with Crippen LogP contribution < -0.4 is 11.1 Å². The van der Waals surface area contributed by atoms with Gasteiger partial charge >= 0.3 is 0 Å². The lowest BCUT2D eigenvalue weighted by molar-refractivity contribution is 0.455. The van der Waals surface area contributed by atoms with E-state index in [0.29, 0.717) is 22.8 Å². The third kappa shape index (κ3) is 3.22. The van der Waals surface area contributed by atoms with Gasteiger partial charge in [0.05, 0.1) is 6.20 Å². The average Bonchev–Trinajstić information content (AvgIpc) is 2.50. The van der Waals surface area contributed by atoms with Crippen molar-refractivity contribution in [3.8, 4) is 0 Å². The van der Waals surface area contributed by atoms with E-state index in [2.05, 4.69) is 22.2 Å². The van der Waals surface area contributed by atoms with E-state index in [1.165, 1.54) is 32.1 Å². The molecule has 3 N–H and O–H groups in total. The van der Waals surface area contributed by atoms with Gasteiger partial charge in [-0.15, -0.1) is 0 Å². The molecule has 94 valence electrons. The summed E-state index contributed by atoms with van der Waals surface area (Å²) in [7, 11) is 0. The molecule has 4 nitrogen and oxygen atoms in total. The molecule has 2 atom stereocenters. The fourth-order valence-corrected chi connectivity index (χ4v) is 2.51. The van der Waals surface area contributed by atoms with Crippen LogP contribution in [0.1, 0.15) is 39.0 Å². The summed E-state index contributed by atoms with van der Waals surface area (Å²) in [4.78, 5) is 8.02.